The zero-order chi connectivity index (χ0) is 25.2. The second kappa shape index (κ2) is 9.67. The standard InChI is InChI=1S/C28H26FN7/c1-5-17(16-36(3)4)13-18(6-2)20-14-21-25(22(29)15-20)34-35-26(21)28-32-23-9-12-31-24(27(23)33-28)19-7-10-30-11-8-19/h5-15H,1,16H2,2-4H3,(H,32,33)(H,34,35)/b17-13+,18-6+. The highest BCUT2D eigenvalue weighted by Gasteiger charge is 2.18. The van der Waals surface area contributed by atoms with Crippen LogP contribution in [0.25, 0.3) is 50.3 Å². The quantitative estimate of drug-likeness (QED) is 0.289. The lowest BCUT2D eigenvalue weighted by atomic mass is 10.00. The van der Waals surface area contributed by atoms with Gasteiger partial charge in [-0.25, -0.2) is 9.37 Å². The molecule has 0 radical (unpaired) electrons. The van der Waals surface area contributed by atoms with E-state index >= 15 is 4.39 Å². The number of allylic oxidation sites excluding steroid dienone is 3. The predicted octanol–water partition coefficient (Wildman–Crippen LogP) is 5.78. The molecule has 0 unspecified atom stereocenters. The number of benzene rings is 1. The Kier molecular flexibility index (Phi) is 6.26. The van der Waals surface area contributed by atoms with Gasteiger partial charge in [-0.15, -0.1) is 0 Å². The molecule has 7 nitrogen and oxygen atoms in total. The summed E-state index contributed by atoms with van der Waals surface area (Å²) in [6, 6.07) is 9.10. The van der Waals surface area contributed by atoms with E-state index in [1.165, 1.54) is 6.07 Å². The average Bonchev–Trinajstić information content (AvgIpc) is 3.51. The molecule has 0 aliphatic heterocycles. The van der Waals surface area contributed by atoms with Crippen LogP contribution < -0.4 is 0 Å². The van der Waals surface area contributed by atoms with Crippen LogP contribution in [0.2, 0.25) is 0 Å². The Balaban J connectivity index is 1.63. The van der Waals surface area contributed by atoms with Gasteiger partial charge in [0.2, 0.25) is 0 Å². The molecule has 5 aromatic rings. The summed E-state index contributed by atoms with van der Waals surface area (Å²) in [6.45, 7) is 6.60. The van der Waals surface area contributed by atoms with Crippen molar-refractivity contribution >= 4 is 27.5 Å². The molecule has 8 heteroatoms. The van der Waals surface area contributed by atoms with Crippen LogP contribution in [0, 0.1) is 5.82 Å². The minimum Gasteiger partial charge on any atom is -0.337 e. The fourth-order valence-corrected chi connectivity index (χ4v) is 4.26. The minimum absolute atomic E-state index is 0.262. The fourth-order valence-electron chi connectivity index (χ4n) is 4.26. The lowest BCUT2D eigenvalue weighted by Gasteiger charge is -2.12. The highest BCUT2D eigenvalue weighted by molar-refractivity contribution is 5.97. The Morgan fingerprint density at radius 1 is 1.11 bits per heavy atom. The summed E-state index contributed by atoms with van der Waals surface area (Å²) in [5.41, 5.74) is 6.75. The molecule has 0 saturated heterocycles. The fraction of sp³-hybridized carbons (Fsp3) is 0.143. The van der Waals surface area contributed by atoms with Crippen molar-refractivity contribution in [3.05, 3.63) is 90.7 Å². The van der Waals surface area contributed by atoms with Crippen molar-refractivity contribution in [1.29, 1.82) is 0 Å². The summed E-state index contributed by atoms with van der Waals surface area (Å²) < 4.78 is 15.2. The zero-order valence-corrected chi connectivity index (χ0v) is 20.4. The Morgan fingerprint density at radius 2 is 1.92 bits per heavy atom. The van der Waals surface area contributed by atoms with Gasteiger partial charge < -0.3 is 9.88 Å². The Morgan fingerprint density at radius 3 is 2.64 bits per heavy atom. The van der Waals surface area contributed by atoms with E-state index < -0.39 is 5.82 Å². The molecule has 0 fully saturated rings. The van der Waals surface area contributed by atoms with Crippen molar-refractivity contribution in [3.63, 3.8) is 0 Å². The predicted molar refractivity (Wildman–Crippen MR) is 143 cm³/mol. The second-order valence-corrected chi connectivity index (χ2v) is 8.74. The first kappa shape index (κ1) is 23.3. The van der Waals surface area contributed by atoms with Crippen molar-refractivity contribution in [3.8, 4) is 22.8 Å². The van der Waals surface area contributed by atoms with E-state index in [1.54, 1.807) is 18.6 Å². The molecule has 4 heterocycles. The van der Waals surface area contributed by atoms with Crippen molar-refractivity contribution in [2.45, 2.75) is 6.92 Å². The lowest BCUT2D eigenvalue weighted by Crippen LogP contribution is -2.14. The van der Waals surface area contributed by atoms with Crippen LogP contribution >= 0.6 is 0 Å². The average molecular weight is 480 g/mol. The molecule has 180 valence electrons. The van der Waals surface area contributed by atoms with E-state index in [0.717, 1.165) is 45.5 Å². The number of likely N-dealkylation sites (N-methyl/N-ethyl adjacent to an activating group) is 1. The number of fused-ring (bicyclic) bond motifs is 2. The summed E-state index contributed by atoms with van der Waals surface area (Å²) in [5.74, 6) is 0.157. The van der Waals surface area contributed by atoms with Gasteiger partial charge >= 0.3 is 0 Å². The summed E-state index contributed by atoms with van der Waals surface area (Å²) in [7, 11) is 4.00. The number of halogens is 1. The van der Waals surface area contributed by atoms with E-state index in [2.05, 4.69) is 36.6 Å². The maximum atomic E-state index is 15.2. The smallest absolute Gasteiger partial charge is 0.157 e. The van der Waals surface area contributed by atoms with E-state index in [-0.39, 0.29) is 5.52 Å². The van der Waals surface area contributed by atoms with Crippen LogP contribution in [0.1, 0.15) is 12.5 Å². The number of pyridine rings is 2. The maximum Gasteiger partial charge on any atom is 0.157 e. The van der Waals surface area contributed by atoms with Crippen LogP contribution in [-0.2, 0) is 0 Å². The lowest BCUT2D eigenvalue weighted by molar-refractivity contribution is 0.449. The first-order chi connectivity index (χ1) is 17.5. The number of aromatic amines is 2. The number of hydrogen-bond acceptors (Lipinski definition) is 5. The third-order valence-corrected chi connectivity index (χ3v) is 5.95. The molecule has 2 N–H and O–H groups in total. The van der Waals surface area contributed by atoms with Crippen LogP contribution in [0.3, 0.4) is 0 Å². The summed E-state index contributed by atoms with van der Waals surface area (Å²) >= 11 is 0. The minimum atomic E-state index is -0.402. The maximum absolute atomic E-state index is 15.2. The molecule has 0 atom stereocenters. The SMILES string of the molecule is C=C/C(=C\C(=C/C)c1cc(F)c2n[nH]c(-c3nc4c(-c5ccncc5)nccc4[nH]3)c2c1)CN(C)C. The number of hydrogen-bond donors (Lipinski definition) is 2. The molecule has 5 rings (SSSR count). The monoisotopic (exact) mass is 479 g/mol. The molecule has 0 aliphatic carbocycles. The van der Waals surface area contributed by atoms with E-state index in [4.69, 9.17) is 4.98 Å². The second-order valence-electron chi connectivity index (χ2n) is 8.74. The number of rotatable bonds is 7. The first-order valence-electron chi connectivity index (χ1n) is 11.6. The molecular weight excluding hydrogens is 453 g/mol. The van der Waals surface area contributed by atoms with Crippen molar-refractivity contribution in [2.24, 2.45) is 0 Å². The number of imidazole rings is 1. The molecular formula is C28H26FN7. The van der Waals surface area contributed by atoms with E-state index in [1.807, 2.05) is 63.5 Å². The van der Waals surface area contributed by atoms with Crippen molar-refractivity contribution in [2.75, 3.05) is 20.6 Å². The van der Waals surface area contributed by atoms with Crippen LogP contribution in [0.15, 0.2) is 79.3 Å². The number of H-pyrrole nitrogens is 2. The number of aromatic nitrogens is 6. The largest absolute Gasteiger partial charge is 0.337 e. The molecule has 1 aromatic carbocycles. The molecule has 0 spiro atoms. The normalized spacial score (nSPS) is 12.7. The Labute approximate surface area is 208 Å². The molecule has 36 heavy (non-hydrogen) atoms. The van der Waals surface area contributed by atoms with Crippen molar-refractivity contribution < 1.29 is 4.39 Å². The number of nitrogens with one attached hydrogen (secondary N) is 2. The topological polar surface area (TPSA) is 86.4 Å². The van der Waals surface area contributed by atoms with Gasteiger partial charge in [0.1, 0.15) is 16.7 Å². The summed E-state index contributed by atoms with van der Waals surface area (Å²) in [6.07, 6.45) is 11.0. The third kappa shape index (κ3) is 4.34. The van der Waals surface area contributed by atoms with Gasteiger partial charge in [0, 0.05) is 36.1 Å². The highest BCUT2D eigenvalue weighted by Crippen LogP contribution is 2.33. The molecule has 0 amide bonds. The van der Waals surface area contributed by atoms with Gasteiger partial charge in [-0.05, 0) is 68.1 Å². The Hall–Kier alpha value is -4.43. The van der Waals surface area contributed by atoms with Crippen LogP contribution in [0.5, 0.6) is 0 Å². The Bertz CT molecular complexity index is 1620. The van der Waals surface area contributed by atoms with Gasteiger partial charge in [0.25, 0.3) is 0 Å². The van der Waals surface area contributed by atoms with E-state index in [9.17, 15) is 0 Å². The van der Waals surface area contributed by atoms with Crippen LogP contribution in [-0.4, -0.2) is 55.7 Å². The molecule has 0 bridgehead atoms. The first-order valence-corrected chi connectivity index (χ1v) is 11.6. The van der Waals surface area contributed by atoms with Gasteiger partial charge in [-0.3, -0.25) is 15.1 Å². The molecule has 0 aliphatic rings. The van der Waals surface area contributed by atoms with Gasteiger partial charge in [0.05, 0.1) is 11.2 Å². The summed E-state index contributed by atoms with van der Waals surface area (Å²) in [5, 5.41) is 7.87. The third-order valence-electron chi connectivity index (χ3n) is 5.95. The summed E-state index contributed by atoms with van der Waals surface area (Å²) in [4.78, 5) is 18.8. The van der Waals surface area contributed by atoms with Crippen LogP contribution in [0.4, 0.5) is 4.39 Å². The van der Waals surface area contributed by atoms with Gasteiger partial charge in [-0.2, -0.15) is 5.10 Å². The van der Waals surface area contributed by atoms with Gasteiger partial charge in [-0.1, -0.05) is 24.8 Å². The zero-order valence-electron chi connectivity index (χ0n) is 20.4. The van der Waals surface area contributed by atoms with E-state index in [0.29, 0.717) is 16.9 Å². The molecule has 0 saturated carbocycles. The number of nitrogens with zero attached hydrogens (tertiary/aromatic N) is 5. The van der Waals surface area contributed by atoms with Crippen molar-refractivity contribution in [1.82, 2.24) is 35.0 Å². The van der Waals surface area contributed by atoms with Gasteiger partial charge in [0.15, 0.2) is 11.6 Å². The molecule has 4 aromatic heterocycles. The highest BCUT2D eigenvalue weighted by atomic mass is 19.1.